The van der Waals surface area contributed by atoms with E-state index < -0.39 is 34.2 Å². The van der Waals surface area contributed by atoms with Crippen molar-refractivity contribution in [3.05, 3.63) is 70.8 Å². The molecule has 11 rings (SSSR count). The standard InChI is InChI=1S/C28H24O4/c1-23-25(11-12-25)19(29)21(31-23)27(23)15-7-3-5-9-17(15)28(18-10-6-4-8-16(18)27)22-20(30)26(13-14-26)24(28,2)32-22/h3-10,21-22H,11-14H2,1-2H3/t21-,22-,23+,24+,27?,28?/m1/s1. The Hall–Kier alpha value is -2.30. The van der Waals surface area contributed by atoms with Gasteiger partial charge in [0.05, 0.1) is 32.9 Å². The Bertz CT molecular complexity index is 1200. The lowest BCUT2D eigenvalue weighted by molar-refractivity contribution is -0.239. The number of carbonyl (C=O) groups excluding carboxylic acids is 2. The molecule has 4 bridgehead atoms. The summed E-state index contributed by atoms with van der Waals surface area (Å²) in [4.78, 5) is 27.3. The van der Waals surface area contributed by atoms with Gasteiger partial charge < -0.3 is 9.47 Å². The number of hydrogen-bond donors (Lipinski definition) is 0. The van der Waals surface area contributed by atoms with E-state index in [4.69, 9.17) is 9.47 Å². The molecule has 2 aromatic rings. The van der Waals surface area contributed by atoms with E-state index in [9.17, 15) is 9.59 Å². The minimum absolute atomic E-state index is 0.286. The maximum absolute atomic E-state index is 13.6. The van der Waals surface area contributed by atoms with Crippen LogP contribution in [0.2, 0.25) is 0 Å². The summed E-state index contributed by atoms with van der Waals surface area (Å²) in [5, 5.41) is 0. The number of rotatable bonds is 0. The normalized spacial score (nSPS) is 48.1. The van der Waals surface area contributed by atoms with Gasteiger partial charge in [-0.25, -0.2) is 0 Å². The Balaban J connectivity index is 1.44. The van der Waals surface area contributed by atoms with Gasteiger partial charge in [-0.15, -0.1) is 0 Å². The molecule has 2 aromatic carbocycles. The molecule has 4 spiro atoms. The highest BCUT2D eigenvalue weighted by molar-refractivity contribution is 6.05. The van der Waals surface area contributed by atoms with E-state index in [2.05, 4.69) is 62.4 Å². The summed E-state index contributed by atoms with van der Waals surface area (Å²) < 4.78 is 13.0. The second kappa shape index (κ2) is 4.28. The molecule has 0 aromatic heterocycles. The molecule has 4 nitrogen and oxygen atoms in total. The molecule has 4 heterocycles. The van der Waals surface area contributed by atoms with Crippen LogP contribution in [0.15, 0.2) is 48.5 Å². The molecular formula is C28H24O4. The van der Waals surface area contributed by atoms with Crippen molar-refractivity contribution in [1.29, 1.82) is 0 Å². The van der Waals surface area contributed by atoms with Crippen LogP contribution in [0.5, 0.6) is 0 Å². The summed E-state index contributed by atoms with van der Waals surface area (Å²) in [6.07, 6.45) is 2.79. The van der Waals surface area contributed by atoms with Crippen LogP contribution in [0, 0.1) is 10.8 Å². The van der Waals surface area contributed by atoms with Crippen LogP contribution in [0.25, 0.3) is 0 Å². The van der Waals surface area contributed by atoms with Crippen molar-refractivity contribution in [2.45, 2.75) is 73.8 Å². The monoisotopic (exact) mass is 424 g/mol. The minimum atomic E-state index is -0.540. The lowest BCUT2D eigenvalue weighted by atomic mass is 9.45. The Morgan fingerprint density at radius 3 is 1.19 bits per heavy atom. The van der Waals surface area contributed by atoms with Crippen LogP contribution in [0.3, 0.4) is 0 Å². The first-order valence-electron chi connectivity index (χ1n) is 12.0. The average molecular weight is 424 g/mol. The van der Waals surface area contributed by atoms with Crippen molar-refractivity contribution in [3.63, 3.8) is 0 Å². The smallest absolute Gasteiger partial charge is 0.172 e. The highest BCUT2D eigenvalue weighted by Crippen LogP contribution is 2.84. The largest absolute Gasteiger partial charge is 0.360 e. The van der Waals surface area contributed by atoms with Crippen molar-refractivity contribution in [2.24, 2.45) is 10.8 Å². The first-order valence-corrected chi connectivity index (χ1v) is 12.0. The Morgan fingerprint density at radius 1 is 0.625 bits per heavy atom. The fraction of sp³-hybridized carbons (Fsp3) is 0.500. The van der Waals surface area contributed by atoms with E-state index in [-0.39, 0.29) is 22.4 Å². The molecule has 4 atom stereocenters. The van der Waals surface area contributed by atoms with Gasteiger partial charge in [0.25, 0.3) is 0 Å². The SMILES string of the molecule is C[C@]12O[C@H](C(=O)C13CC3)C21c2ccccc2C2(c3ccccc31)[C@@H]1O[C@@]2(C)C2(CC2)C1=O. The molecule has 0 amide bonds. The predicted octanol–water partition coefficient (Wildman–Crippen LogP) is 3.61. The zero-order chi connectivity index (χ0) is 21.5. The quantitative estimate of drug-likeness (QED) is 0.648. The molecule has 0 N–H and O–H groups in total. The highest BCUT2D eigenvalue weighted by Gasteiger charge is 2.93. The third-order valence-corrected chi connectivity index (χ3v) is 11.3. The van der Waals surface area contributed by atoms with Crippen molar-refractivity contribution >= 4 is 11.6 Å². The van der Waals surface area contributed by atoms with E-state index in [1.54, 1.807) is 0 Å². The molecular weight excluding hydrogens is 400 g/mol. The molecule has 160 valence electrons. The lowest BCUT2D eigenvalue weighted by Gasteiger charge is -2.66. The van der Waals surface area contributed by atoms with E-state index >= 15 is 0 Å². The van der Waals surface area contributed by atoms with Crippen LogP contribution >= 0.6 is 0 Å². The third kappa shape index (κ3) is 1.14. The average Bonchev–Trinajstić information content (AvgIpc) is 3.69. The summed E-state index contributed by atoms with van der Waals surface area (Å²) in [7, 11) is 0. The molecule has 9 aliphatic rings. The molecule has 4 heteroatoms. The van der Waals surface area contributed by atoms with Crippen molar-refractivity contribution < 1.29 is 19.1 Å². The minimum Gasteiger partial charge on any atom is -0.360 e. The molecule has 0 radical (unpaired) electrons. The molecule has 0 unspecified atom stereocenters. The maximum Gasteiger partial charge on any atom is 0.172 e. The fourth-order valence-corrected chi connectivity index (χ4v) is 9.59. The first kappa shape index (κ1) is 17.2. The highest BCUT2D eigenvalue weighted by atomic mass is 16.6. The predicted molar refractivity (Wildman–Crippen MR) is 114 cm³/mol. The van der Waals surface area contributed by atoms with Gasteiger partial charge in [-0.2, -0.15) is 0 Å². The van der Waals surface area contributed by atoms with E-state index in [0.29, 0.717) is 0 Å². The van der Waals surface area contributed by atoms with E-state index in [0.717, 1.165) is 25.7 Å². The van der Waals surface area contributed by atoms with Crippen LogP contribution < -0.4 is 0 Å². The molecule has 32 heavy (non-hydrogen) atoms. The number of Topliss-reactive ketones (excluding diaryl/α,β-unsaturated/α-hetero) is 2. The van der Waals surface area contributed by atoms with Gasteiger partial charge >= 0.3 is 0 Å². The van der Waals surface area contributed by atoms with Crippen LogP contribution in [-0.4, -0.2) is 35.0 Å². The fourth-order valence-electron chi connectivity index (χ4n) is 9.59. The molecule has 4 aliphatic heterocycles. The lowest BCUT2D eigenvalue weighted by Crippen LogP contribution is -2.75. The van der Waals surface area contributed by atoms with Gasteiger partial charge in [-0.3, -0.25) is 9.59 Å². The van der Waals surface area contributed by atoms with Gasteiger partial charge in [0.15, 0.2) is 11.6 Å². The number of ketones is 2. The number of hydrogen-bond acceptors (Lipinski definition) is 4. The number of ether oxygens (including phenoxy) is 2. The summed E-state index contributed by atoms with van der Waals surface area (Å²) in [5.74, 6) is 0.573. The van der Waals surface area contributed by atoms with Gasteiger partial charge in [0, 0.05) is 0 Å². The summed E-state index contributed by atoms with van der Waals surface area (Å²) >= 11 is 0. The molecule has 8 fully saturated rings. The van der Waals surface area contributed by atoms with Crippen LogP contribution in [0.1, 0.15) is 61.8 Å². The zero-order valence-electron chi connectivity index (χ0n) is 18.2. The van der Waals surface area contributed by atoms with Crippen LogP contribution in [-0.2, 0) is 29.9 Å². The van der Waals surface area contributed by atoms with Gasteiger partial charge in [0.2, 0.25) is 0 Å². The van der Waals surface area contributed by atoms with Gasteiger partial charge in [-0.1, -0.05) is 48.5 Å². The first-order chi connectivity index (χ1) is 15.4. The summed E-state index contributed by atoms with van der Waals surface area (Å²) in [6.45, 7) is 4.35. The Morgan fingerprint density at radius 2 is 0.938 bits per heavy atom. The van der Waals surface area contributed by atoms with E-state index in [1.165, 1.54) is 22.3 Å². The second-order valence-corrected chi connectivity index (χ2v) is 11.7. The second-order valence-electron chi connectivity index (χ2n) is 11.7. The molecule has 4 saturated carbocycles. The van der Waals surface area contributed by atoms with Crippen molar-refractivity contribution in [2.75, 3.05) is 0 Å². The number of benzene rings is 2. The topological polar surface area (TPSA) is 52.6 Å². The van der Waals surface area contributed by atoms with Gasteiger partial charge in [-0.05, 0) is 61.8 Å². The summed E-state index contributed by atoms with van der Waals surface area (Å²) in [5.41, 5.74) is 2.03. The van der Waals surface area contributed by atoms with E-state index in [1.807, 2.05) is 0 Å². The van der Waals surface area contributed by atoms with Crippen LogP contribution in [0.4, 0.5) is 0 Å². The Kier molecular flexibility index (Phi) is 2.30. The molecule has 5 aliphatic carbocycles. The summed E-state index contributed by atoms with van der Waals surface area (Å²) in [6, 6.07) is 17.2. The number of carbonyl (C=O) groups is 2. The molecule has 4 saturated heterocycles. The van der Waals surface area contributed by atoms with Crippen molar-refractivity contribution in [1.82, 2.24) is 0 Å². The van der Waals surface area contributed by atoms with Crippen molar-refractivity contribution in [3.8, 4) is 0 Å². The number of fused-ring (bicyclic) bond motifs is 2. The zero-order valence-corrected chi connectivity index (χ0v) is 18.2. The third-order valence-electron chi connectivity index (χ3n) is 11.3. The Labute approximate surface area is 186 Å². The maximum atomic E-state index is 13.6. The van der Waals surface area contributed by atoms with Gasteiger partial charge in [0.1, 0.15) is 12.2 Å².